The predicted molar refractivity (Wildman–Crippen MR) is 61.6 cm³/mol. The minimum atomic E-state index is -4.07. The summed E-state index contributed by atoms with van der Waals surface area (Å²) in [4.78, 5) is 11.3. The average Bonchev–Trinajstić information content (AvgIpc) is 2.25. The molecule has 0 saturated heterocycles. The van der Waals surface area contributed by atoms with E-state index in [9.17, 15) is 13.8 Å². The first kappa shape index (κ1) is 16.6. The fourth-order valence-electron chi connectivity index (χ4n) is 0.975. The molecule has 17 heavy (non-hydrogen) atoms. The molecular weight excluding hydrogens is 250 g/mol. The van der Waals surface area contributed by atoms with Gasteiger partial charge in [-0.15, -0.1) is 0 Å². The molecule has 0 N–H and O–H groups in total. The van der Waals surface area contributed by atoms with Crippen LogP contribution in [0.4, 0.5) is 4.39 Å². The number of rotatable bonds is 8. The van der Waals surface area contributed by atoms with E-state index in [4.69, 9.17) is 9.05 Å². The largest absolute Gasteiger partial charge is 0.463 e. The lowest BCUT2D eigenvalue weighted by molar-refractivity contribution is -0.148. The monoisotopic (exact) mass is 270 g/mol. The highest BCUT2D eigenvalue weighted by atomic mass is 31.2. The molecule has 0 radical (unpaired) electrons. The molecule has 0 aromatic rings. The van der Waals surface area contributed by atoms with Crippen LogP contribution in [-0.2, 0) is 23.1 Å². The van der Waals surface area contributed by atoms with Gasteiger partial charge in [0.2, 0.25) is 0 Å². The zero-order chi connectivity index (χ0) is 13.5. The van der Waals surface area contributed by atoms with E-state index in [0.717, 1.165) is 0 Å². The quantitative estimate of drug-likeness (QED) is 0.501. The van der Waals surface area contributed by atoms with Crippen LogP contribution in [0.2, 0.25) is 0 Å². The minimum absolute atomic E-state index is 0.00480. The highest BCUT2D eigenvalue weighted by molar-refractivity contribution is 7.55. The summed E-state index contributed by atoms with van der Waals surface area (Å²) in [6, 6.07) is 0. The summed E-state index contributed by atoms with van der Waals surface area (Å²) in [6.45, 7) is 6.76. The summed E-state index contributed by atoms with van der Waals surface area (Å²) < 4.78 is 39.7. The third-order valence-electron chi connectivity index (χ3n) is 1.65. The van der Waals surface area contributed by atoms with Gasteiger partial charge in [-0.25, -0.2) is 9.18 Å². The molecule has 0 aromatic carbocycles. The Morgan fingerprint density at radius 3 is 2.06 bits per heavy atom. The van der Waals surface area contributed by atoms with Crippen LogP contribution in [0.3, 0.4) is 0 Å². The molecule has 0 aromatic heterocycles. The predicted octanol–water partition coefficient (Wildman–Crippen LogP) is 2.75. The van der Waals surface area contributed by atoms with E-state index < -0.39 is 19.5 Å². The van der Waals surface area contributed by atoms with Crippen molar-refractivity contribution < 1.29 is 27.5 Å². The van der Waals surface area contributed by atoms with Crippen molar-refractivity contribution in [1.82, 2.24) is 0 Å². The first-order valence-electron chi connectivity index (χ1n) is 5.56. The van der Waals surface area contributed by atoms with Crippen molar-refractivity contribution >= 4 is 13.6 Å². The van der Waals surface area contributed by atoms with Crippen molar-refractivity contribution in [3.8, 4) is 0 Å². The van der Waals surface area contributed by atoms with Gasteiger partial charge in [0.1, 0.15) is 0 Å². The zero-order valence-corrected chi connectivity index (χ0v) is 11.5. The molecule has 0 aliphatic heterocycles. The van der Waals surface area contributed by atoms with Crippen LogP contribution in [-0.4, -0.2) is 31.7 Å². The van der Waals surface area contributed by atoms with E-state index >= 15 is 0 Å². The summed E-state index contributed by atoms with van der Waals surface area (Å²) in [5.41, 5.74) is 0. The Hall–Kier alpha value is -0.450. The van der Waals surface area contributed by atoms with E-state index in [0.29, 0.717) is 0 Å². The smallest absolute Gasteiger partial charge is 0.376 e. The number of carbonyl (C=O) groups is 1. The highest BCUT2D eigenvalue weighted by Crippen LogP contribution is 2.54. The van der Waals surface area contributed by atoms with Gasteiger partial charge in [-0.05, 0) is 19.8 Å². The molecule has 0 fully saturated rings. The first-order chi connectivity index (χ1) is 7.87. The third-order valence-corrected chi connectivity index (χ3v) is 3.65. The second-order valence-electron chi connectivity index (χ2n) is 3.74. The van der Waals surface area contributed by atoms with Crippen molar-refractivity contribution in [2.24, 2.45) is 5.92 Å². The number of ether oxygens (including phenoxy) is 1. The van der Waals surface area contributed by atoms with Crippen molar-refractivity contribution in [3.63, 3.8) is 0 Å². The lowest BCUT2D eigenvalue weighted by Gasteiger charge is -2.19. The number of esters is 1. The number of carbonyl (C=O) groups excluding carboxylic acids is 1. The Morgan fingerprint density at radius 1 is 1.24 bits per heavy atom. The second kappa shape index (κ2) is 7.80. The highest BCUT2D eigenvalue weighted by Gasteiger charge is 2.42. The van der Waals surface area contributed by atoms with E-state index in [1.807, 2.05) is 13.8 Å². The Morgan fingerprint density at radius 2 is 1.71 bits per heavy atom. The van der Waals surface area contributed by atoms with Crippen LogP contribution in [0.1, 0.15) is 27.7 Å². The van der Waals surface area contributed by atoms with Crippen LogP contribution in [0.15, 0.2) is 0 Å². The minimum Gasteiger partial charge on any atom is -0.463 e. The van der Waals surface area contributed by atoms with Gasteiger partial charge in [-0.3, -0.25) is 4.57 Å². The van der Waals surface area contributed by atoms with E-state index in [1.54, 1.807) is 0 Å². The van der Waals surface area contributed by atoms with Crippen LogP contribution < -0.4 is 0 Å². The SMILES string of the molecule is CCOP(=O)(OCC)C(F)C(=O)OCC(C)C. The summed E-state index contributed by atoms with van der Waals surface area (Å²) in [7, 11) is -4.07. The average molecular weight is 270 g/mol. The summed E-state index contributed by atoms with van der Waals surface area (Å²) in [6.07, 6.45) is 0. The molecule has 0 aliphatic carbocycles. The summed E-state index contributed by atoms with van der Waals surface area (Å²) in [5.74, 6) is -3.52. The van der Waals surface area contributed by atoms with E-state index in [2.05, 4.69) is 4.74 Å². The summed E-state index contributed by atoms with van der Waals surface area (Å²) >= 11 is 0. The van der Waals surface area contributed by atoms with Gasteiger partial charge < -0.3 is 13.8 Å². The molecule has 1 atom stereocenters. The lowest BCUT2D eigenvalue weighted by atomic mass is 10.2. The van der Waals surface area contributed by atoms with Crippen LogP contribution >= 0.6 is 7.60 Å². The van der Waals surface area contributed by atoms with Gasteiger partial charge in [-0.2, -0.15) is 0 Å². The van der Waals surface area contributed by atoms with Crippen molar-refractivity contribution in [1.29, 1.82) is 0 Å². The number of halogens is 1. The Bertz CT molecular complexity index is 272. The van der Waals surface area contributed by atoms with Crippen LogP contribution in [0, 0.1) is 5.92 Å². The first-order valence-corrected chi connectivity index (χ1v) is 7.18. The van der Waals surface area contributed by atoms with Crippen LogP contribution in [0.5, 0.6) is 0 Å². The lowest BCUT2D eigenvalue weighted by Crippen LogP contribution is -2.23. The van der Waals surface area contributed by atoms with Gasteiger partial charge >= 0.3 is 13.6 Å². The molecule has 5 nitrogen and oxygen atoms in total. The van der Waals surface area contributed by atoms with Crippen LogP contribution in [0.25, 0.3) is 0 Å². The molecule has 0 aliphatic rings. The fraction of sp³-hybridized carbons (Fsp3) is 0.900. The normalized spacial score (nSPS) is 13.8. The molecule has 1 unspecified atom stereocenters. The molecule has 0 amide bonds. The maximum atomic E-state index is 13.7. The maximum Gasteiger partial charge on any atom is 0.376 e. The van der Waals surface area contributed by atoms with E-state index in [-0.39, 0.29) is 25.7 Å². The van der Waals surface area contributed by atoms with Gasteiger partial charge in [0, 0.05) is 0 Å². The van der Waals surface area contributed by atoms with Gasteiger partial charge in [0.05, 0.1) is 19.8 Å². The second-order valence-corrected chi connectivity index (χ2v) is 5.78. The third kappa shape index (κ3) is 5.61. The molecule has 0 heterocycles. The summed E-state index contributed by atoms with van der Waals surface area (Å²) in [5, 5.41) is 0. The Labute approximate surface area is 101 Å². The van der Waals surface area contributed by atoms with Crippen molar-refractivity contribution in [2.45, 2.75) is 33.6 Å². The van der Waals surface area contributed by atoms with Gasteiger partial charge in [0.15, 0.2) is 0 Å². The fourth-order valence-corrected chi connectivity index (χ4v) is 2.36. The van der Waals surface area contributed by atoms with Gasteiger partial charge in [-0.1, -0.05) is 13.8 Å². The molecule has 0 spiro atoms. The topological polar surface area (TPSA) is 61.8 Å². The Balaban J connectivity index is 4.55. The molecular formula is C10H20FO5P. The number of hydrogen-bond acceptors (Lipinski definition) is 5. The standard InChI is InChI=1S/C10H20FO5P/c1-5-15-17(13,16-6-2)9(11)10(12)14-7-8(3)4/h8-9H,5-7H2,1-4H3. The molecule has 0 rings (SSSR count). The van der Waals surface area contributed by atoms with E-state index in [1.165, 1.54) is 13.8 Å². The Kier molecular flexibility index (Phi) is 7.59. The molecule has 7 heteroatoms. The molecule has 0 saturated carbocycles. The van der Waals surface area contributed by atoms with Crippen molar-refractivity contribution in [2.75, 3.05) is 19.8 Å². The molecule has 102 valence electrons. The molecule has 0 bridgehead atoms. The number of alkyl halides is 1. The zero-order valence-electron chi connectivity index (χ0n) is 10.6. The maximum absolute atomic E-state index is 13.7. The van der Waals surface area contributed by atoms with Gasteiger partial charge in [0.25, 0.3) is 5.91 Å². The number of hydrogen-bond donors (Lipinski definition) is 0. The van der Waals surface area contributed by atoms with Crippen molar-refractivity contribution in [3.05, 3.63) is 0 Å².